The third-order valence-corrected chi connectivity index (χ3v) is 7.24. The van der Waals surface area contributed by atoms with Crippen molar-refractivity contribution in [3.63, 3.8) is 0 Å². The molecule has 0 bridgehead atoms. The number of halogens is 2. The van der Waals surface area contributed by atoms with Gasteiger partial charge in [-0.05, 0) is 54.8 Å². The number of rotatable bonds is 8. The summed E-state index contributed by atoms with van der Waals surface area (Å²) in [4.78, 5) is 0.303. The number of hydrogen-bond donors (Lipinski definition) is 1. The molecule has 0 fully saturated rings. The highest BCUT2D eigenvalue weighted by Crippen LogP contribution is 2.28. The molecule has 0 saturated carbocycles. The number of aryl methyl sites for hydroxylation is 2. The Hall–Kier alpha value is -0.920. The monoisotopic (exact) mass is 433 g/mol. The molecule has 0 unspecified atom stereocenters. The van der Waals surface area contributed by atoms with Crippen molar-refractivity contribution < 1.29 is 13.2 Å². The summed E-state index contributed by atoms with van der Waals surface area (Å²) < 4.78 is 33.1. The van der Waals surface area contributed by atoms with Gasteiger partial charge in [0.05, 0.1) is 12.0 Å². The quantitative estimate of drug-likeness (QED) is 0.605. The van der Waals surface area contributed by atoms with Gasteiger partial charge in [-0.1, -0.05) is 29.3 Å². The first-order valence-corrected chi connectivity index (χ1v) is 11.3. The van der Waals surface area contributed by atoms with Gasteiger partial charge in [-0.3, -0.25) is 0 Å². The van der Waals surface area contributed by atoms with Gasteiger partial charge in [-0.15, -0.1) is 0 Å². The molecule has 0 radical (unpaired) electrons. The Bertz CT molecular complexity index is 843. The second kappa shape index (κ2) is 9.33. The summed E-state index contributed by atoms with van der Waals surface area (Å²) in [7, 11) is -2.02. The lowest BCUT2D eigenvalue weighted by Gasteiger charge is -2.14. The summed E-state index contributed by atoms with van der Waals surface area (Å²) in [6.45, 7) is 3.84. The molecule has 0 heterocycles. The predicted octanol–water partition coefficient (Wildman–Crippen LogP) is 4.83. The van der Waals surface area contributed by atoms with Crippen LogP contribution in [-0.4, -0.2) is 27.8 Å². The van der Waals surface area contributed by atoms with E-state index >= 15 is 0 Å². The van der Waals surface area contributed by atoms with Crippen molar-refractivity contribution in [3.05, 3.63) is 57.1 Å². The van der Waals surface area contributed by atoms with Crippen LogP contribution in [0.4, 0.5) is 0 Å². The second-order valence-electron chi connectivity index (χ2n) is 5.74. The van der Waals surface area contributed by atoms with Crippen LogP contribution in [0, 0.1) is 13.8 Å². The van der Waals surface area contributed by atoms with E-state index in [1.165, 1.54) is 0 Å². The van der Waals surface area contributed by atoms with Gasteiger partial charge in [-0.2, -0.15) is 11.8 Å². The van der Waals surface area contributed by atoms with Crippen LogP contribution in [0.3, 0.4) is 0 Å². The molecule has 0 aliphatic rings. The van der Waals surface area contributed by atoms with Crippen LogP contribution < -0.4 is 9.46 Å². The largest absolute Gasteiger partial charge is 0.497 e. The SMILES string of the molecule is COc1cc(C)c(S(=O)(=O)NCCSCc2c(Cl)cccc2Cl)c(C)c1. The molecule has 8 heteroatoms. The van der Waals surface area contributed by atoms with Gasteiger partial charge >= 0.3 is 0 Å². The van der Waals surface area contributed by atoms with E-state index in [-0.39, 0.29) is 0 Å². The lowest BCUT2D eigenvalue weighted by atomic mass is 10.1. The molecule has 26 heavy (non-hydrogen) atoms. The zero-order valence-corrected chi connectivity index (χ0v) is 18.0. The van der Waals surface area contributed by atoms with Crippen LogP contribution >= 0.6 is 35.0 Å². The number of sulfonamides is 1. The molecular weight excluding hydrogens is 413 g/mol. The minimum Gasteiger partial charge on any atom is -0.497 e. The minimum absolute atomic E-state index is 0.303. The van der Waals surface area contributed by atoms with Crippen molar-refractivity contribution in [3.8, 4) is 5.75 Å². The Morgan fingerprint density at radius 3 is 2.23 bits per heavy atom. The summed E-state index contributed by atoms with van der Waals surface area (Å²) in [5, 5.41) is 1.24. The maximum absolute atomic E-state index is 12.6. The molecule has 0 spiro atoms. The molecule has 4 nitrogen and oxygen atoms in total. The predicted molar refractivity (Wildman–Crippen MR) is 110 cm³/mol. The molecule has 142 valence electrons. The van der Waals surface area contributed by atoms with E-state index in [9.17, 15) is 8.42 Å². The summed E-state index contributed by atoms with van der Waals surface area (Å²) >= 11 is 13.8. The topological polar surface area (TPSA) is 55.4 Å². The van der Waals surface area contributed by atoms with Gasteiger partial charge in [0, 0.05) is 28.1 Å². The van der Waals surface area contributed by atoms with E-state index in [0.29, 0.717) is 49.9 Å². The van der Waals surface area contributed by atoms with Gasteiger partial charge in [0.1, 0.15) is 5.75 Å². The molecule has 0 aliphatic heterocycles. The lowest BCUT2D eigenvalue weighted by Crippen LogP contribution is -2.27. The van der Waals surface area contributed by atoms with Gasteiger partial charge in [-0.25, -0.2) is 13.1 Å². The van der Waals surface area contributed by atoms with E-state index < -0.39 is 10.0 Å². The summed E-state index contributed by atoms with van der Waals surface area (Å²) in [5.41, 5.74) is 2.18. The molecule has 2 aromatic rings. The number of hydrogen-bond acceptors (Lipinski definition) is 4. The summed E-state index contributed by atoms with van der Waals surface area (Å²) in [6, 6.07) is 8.82. The number of nitrogens with one attached hydrogen (secondary N) is 1. The molecule has 0 atom stereocenters. The zero-order chi connectivity index (χ0) is 19.3. The van der Waals surface area contributed by atoms with Gasteiger partial charge in [0.2, 0.25) is 10.0 Å². The van der Waals surface area contributed by atoms with Crippen LogP contribution in [0.15, 0.2) is 35.2 Å². The van der Waals surface area contributed by atoms with Crippen LogP contribution in [0.25, 0.3) is 0 Å². The molecule has 2 aromatic carbocycles. The highest BCUT2D eigenvalue weighted by molar-refractivity contribution is 7.98. The molecule has 0 saturated heterocycles. The van der Waals surface area contributed by atoms with E-state index in [0.717, 1.165) is 5.56 Å². The highest BCUT2D eigenvalue weighted by Gasteiger charge is 2.20. The van der Waals surface area contributed by atoms with Crippen molar-refractivity contribution in [2.75, 3.05) is 19.4 Å². The molecule has 1 N–H and O–H groups in total. The fraction of sp³-hybridized carbons (Fsp3) is 0.333. The third-order valence-electron chi connectivity index (χ3n) is 3.78. The number of thioether (sulfide) groups is 1. The number of benzene rings is 2. The molecule has 0 amide bonds. The normalized spacial score (nSPS) is 11.6. The second-order valence-corrected chi connectivity index (χ2v) is 9.36. The first-order chi connectivity index (χ1) is 12.3. The van der Waals surface area contributed by atoms with E-state index in [2.05, 4.69) is 4.72 Å². The van der Waals surface area contributed by atoms with Gasteiger partial charge < -0.3 is 4.74 Å². The Morgan fingerprint density at radius 2 is 1.69 bits per heavy atom. The van der Waals surface area contributed by atoms with Crippen molar-refractivity contribution in [2.45, 2.75) is 24.5 Å². The summed E-state index contributed by atoms with van der Waals surface area (Å²) in [5.74, 6) is 1.88. The average Bonchev–Trinajstić information content (AvgIpc) is 2.55. The first-order valence-electron chi connectivity index (χ1n) is 7.92. The molecule has 0 aliphatic carbocycles. The van der Waals surface area contributed by atoms with Crippen molar-refractivity contribution in [2.24, 2.45) is 0 Å². The number of ether oxygens (including phenoxy) is 1. The van der Waals surface area contributed by atoms with Gasteiger partial charge in [0.15, 0.2) is 0 Å². The standard InChI is InChI=1S/C18H21Cl2NO3S2/c1-12-9-14(24-3)10-13(2)18(12)26(22,23)21-7-8-25-11-15-16(19)5-4-6-17(15)20/h4-6,9-10,21H,7-8,11H2,1-3H3. The third kappa shape index (κ3) is 5.30. The van der Waals surface area contributed by atoms with Crippen molar-refractivity contribution in [1.29, 1.82) is 0 Å². The van der Waals surface area contributed by atoms with Crippen molar-refractivity contribution in [1.82, 2.24) is 4.72 Å². The molecule has 0 aromatic heterocycles. The smallest absolute Gasteiger partial charge is 0.241 e. The maximum atomic E-state index is 12.6. The van der Waals surface area contributed by atoms with Crippen LogP contribution in [-0.2, 0) is 15.8 Å². The highest BCUT2D eigenvalue weighted by atomic mass is 35.5. The Labute approximate surface area is 169 Å². The average molecular weight is 434 g/mol. The zero-order valence-electron chi connectivity index (χ0n) is 14.8. The minimum atomic E-state index is -3.58. The number of methoxy groups -OCH3 is 1. The molecule has 2 rings (SSSR count). The summed E-state index contributed by atoms with van der Waals surface area (Å²) in [6.07, 6.45) is 0. The Balaban J connectivity index is 1.95. The molecular formula is C18H21Cl2NO3S2. The van der Waals surface area contributed by atoms with Gasteiger partial charge in [0.25, 0.3) is 0 Å². The van der Waals surface area contributed by atoms with E-state index in [1.807, 2.05) is 0 Å². The van der Waals surface area contributed by atoms with Crippen LogP contribution in [0.1, 0.15) is 16.7 Å². The fourth-order valence-electron chi connectivity index (χ4n) is 2.62. The first kappa shape index (κ1) is 21.4. The maximum Gasteiger partial charge on any atom is 0.241 e. The van der Waals surface area contributed by atoms with E-state index in [1.54, 1.807) is 63.1 Å². The fourth-order valence-corrected chi connectivity index (χ4v) is 5.82. The van der Waals surface area contributed by atoms with E-state index in [4.69, 9.17) is 27.9 Å². The van der Waals surface area contributed by atoms with Crippen LogP contribution in [0.2, 0.25) is 10.0 Å². The van der Waals surface area contributed by atoms with Crippen molar-refractivity contribution >= 4 is 45.0 Å². The van der Waals surface area contributed by atoms with Crippen LogP contribution in [0.5, 0.6) is 5.75 Å². The lowest BCUT2D eigenvalue weighted by molar-refractivity contribution is 0.413. The Kier molecular flexibility index (Phi) is 7.67. The Morgan fingerprint density at radius 1 is 1.12 bits per heavy atom.